The van der Waals surface area contributed by atoms with Crippen molar-refractivity contribution in [2.75, 3.05) is 6.61 Å². The molecule has 0 unspecified atom stereocenters. The second-order valence-corrected chi connectivity index (χ2v) is 10.6. The predicted molar refractivity (Wildman–Crippen MR) is 80.8 cm³/mol. The fraction of sp³-hybridized carbons (Fsp3) is 0.250. The first-order valence-electron chi connectivity index (χ1n) is 7.08. The number of benzene rings is 2. The van der Waals surface area contributed by atoms with Crippen LogP contribution >= 0.6 is 0 Å². The minimum atomic E-state index is -3.50. The van der Waals surface area contributed by atoms with Gasteiger partial charge in [0.2, 0.25) is 0 Å². The molecule has 0 bridgehead atoms. The Morgan fingerprint density at radius 2 is 1.48 bits per heavy atom. The van der Waals surface area contributed by atoms with E-state index in [0.717, 1.165) is 24.6 Å². The van der Waals surface area contributed by atoms with E-state index >= 15 is 0 Å². The first-order chi connectivity index (χ1) is 10.3. The van der Waals surface area contributed by atoms with E-state index in [-0.39, 0.29) is 0 Å². The van der Waals surface area contributed by atoms with Crippen molar-refractivity contribution in [2.45, 2.75) is 20.0 Å². The maximum atomic E-state index is 6.29. The van der Waals surface area contributed by atoms with Crippen LogP contribution in [0.1, 0.15) is 18.1 Å². The number of hydrogen-bond acceptors (Lipinski definition) is 4. The zero-order valence-corrected chi connectivity index (χ0v) is 14.2. The van der Waals surface area contributed by atoms with Gasteiger partial charge in [0.25, 0.3) is 0 Å². The number of fused-ring (bicyclic) bond motifs is 3. The molecule has 2 aliphatic rings. The Kier molecular flexibility index (Phi) is 3.31. The minimum absolute atomic E-state index is 0.599. The first kappa shape index (κ1) is 13.4. The van der Waals surface area contributed by atoms with Gasteiger partial charge in [0.15, 0.2) is 0 Å². The van der Waals surface area contributed by atoms with Crippen molar-refractivity contribution in [1.82, 2.24) is 3.15 Å². The third-order valence-corrected chi connectivity index (χ3v) is 9.90. The van der Waals surface area contributed by atoms with Crippen molar-refractivity contribution in [3.63, 3.8) is 0 Å². The number of hydrogen-bond donors (Lipinski definition) is 0. The molecule has 110 valence electrons. The van der Waals surface area contributed by atoms with Crippen molar-refractivity contribution in [1.29, 1.82) is 0 Å². The Morgan fingerprint density at radius 1 is 0.952 bits per heavy atom. The van der Waals surface area contributed by atoms with Gasteiger partial charge in [-0.2, -0.15) is 0 Å². The topological polar surface area (TPSA) is 30.9 Å². The average molecular weight is 399 g/mol. The van der Waals surface area contributed by atoms with Crippen molar-refractivity contribution < 1.29 is 9.30 Å². The molecule has 0 aromatic heterocycles. The molecule has 0 spiro atoms. The maximum absolute atomic E-state index is 6.29. The molecular formula is C16H17NO3Te. The van der Waals surface area contributed by atoms with Gasteiger partial charge in [0, 0.05) is 0 Å². The molecule has 2 aromatic rings. The summed E-state index contributed by atoms with van der Waals surface area (Å²) >= 11 is -3.50. The molecule has 2 heterocycles. The van der Waals surface area contributed by atoms with Gasteiger partial charge >= 0.3 is 130 Å². The van der Waals surface area contributed by atoms with E-state index in [9.17, 15) is 0 Å². The van der Waals surface area contributed by atoms with Gasteiger partial charge in [0.1, 0.15) is 0 Å². The van der Waals surface area contributed by atoms with Crippen LogP contribution in [-0.4, -0.2) is 29.4 Å². The summed E-state index contributed by atoms with van der Waals surface area (Å²) in [6.07, 6.45) is 0. The van der Waals surface area contributed by atoms with E-state index in [0.29, 0.717) is 6.61 Å². The van der Waals surface area contributed by atoms with Gasteiger partial charge in [-0.3, -0.25) is 0 Å². The van der Waals surface area contributed by atoms with Crippen molar-refractivity contribution in [3.8, 4) is 11.5 Å². The summed E-state index contributed by atoms with van der Waals surface area (Å²) in [6.45, 7) is 4.24. The first-order valence-corrected chi connectivity index (χ1v) is 11.0. The Balaban J connectivity index is 1.78. The second-order valence-electron chi connectivity index (χ2n) is 5.01. The molecule has 0 saturated carbocycles. The van der Waals surface area contributed by atoms with E-state index in [1.54, 1.807) is 0 Å². The molecule has 0 amide bonds. The summed E-state index contributed by atoms with van der Waals surface area (Å²) in [5, 5.41) is 0. The van der Waals surface area contributed by atoms with Crippen LogP contribution in [0.2, 0.25) is 0 Å². The van der Waals surface area contributed by atoms with E-state index < -0.39 is 19.7 Å². The molecular weight excluding hydrogens is 382 g/mol. The molecule has 2 aromatic carbocycles. The average Bonchev–Trinajstić information content (AvgIpc) is 2.51. The monoisotopic (exact) mass is 401 g/mol. The Labute approximate surface area is 130 Å². The van der Waals surface area contributed by atoms with Crippen LogP contribution in [-0.2, 0) is 16.2 Å². The third kappa shape index (κ3) is 2.21. The van der Waals surface area contributed by atoms with E-state index in [1.165, 1.54) is 11.1 Å². The summed E-state index contributed by atoms with van der Waals surface area (Å²) in [5.41, 5.74) is 2.39. The van der Waals surface area contributed by atoms with Gasteiger partial charge < -0.3 is 0 Å². The van der Waals surface area contributed by atoms with Gasteiger partial charge in [-0.05, 0) is 0 Å². The molecule has 21 heavy (non-hydrogen) atoms. The van der Waals surface area contributed by atoms with Gasteiger partial charge in [-0.25, -0.2) is 0 Å². The molecule has 5 heteroatoms. The summed E-state index contributed by atoms with van der Waals surface area (Å²) < 4.78 is 20.9. The molecule has 2 aliphatic heterocycles. The molecule has 0 fully saturated rings. The van der Waals surface area contributed by atoms with Crippen LogP contribution in [0.25, 0.3) is 0 Å². The Bertz CT molecular complexity index is 625. The molecule has 0 saturated heterocycles. The van der Waals surface area contributed by atoms with Crippen molar-refractivity contribution in [2.24, 2.45) is 0 Å². The Hall–Kier alpha value is -1.25. The molecule has 0 atom stereocenters. The fourth-order valence-electron chi connectivity index (χ4n) is 2.65. The van der Waals surface area contributed by atoms with Crippen molar-refractivity contribution in [3.05, 3.63) is 59.7 Å². The van der Waals surface area contributed by atoms with E-state index in [2.05, 4.69) is 15.3 Å². The summed E-state index contributed by atoms with van der Waals surface area (Å²) in [5.74, 6) is 1.81. The molecule has 4 nitrogen and oxygen atoms in total. The SMILES string of the molecule is CCO[Te]12Oc3ccccc3CN1Cc1ccccc1O2. The molecule has 0 N–H and O–H groups in total. The van der Waals surface area contributed by atoms with Crippen LogP contribution in [0.5, 0.6) is 11.5 Å². The molecule has 0 aliphatic carbocycles. The Morgan fingerprint density at radius 3 is 2.00 bits per heavy atom. The summed E-state index contributed by atoms with van der Waals surface area (Å²) in [6, 6.07) is 16.3. The van der Waals surface area contributed by atoms with Crippen molar-refractivity contribution >= 4 is 19.7 Å². The van der Waals surface area contributed by atoms with E-state index in [4.69, 9.17) is 9.30 Å². The predicted octanol–water partition coefficient (Wildman–Crippen LogP) is 2.95. The molecule has 4 rings (SSSR count). The molecule has 0 radical (unpaired) electrons. The van der Waals surface area contributed by atoms with Crippen LogP contribution in [0.15, 0.2) is 48.5 Å². The summed E-state index contributed by atoms with van der Waals surface area (Å²) in [7, 11) is 0. The normalized spacial score (nSPS) is 20.2. The summed E-state index contributed by atoms with van der Waals surface area (Å²) in [4.78, 5) is 0. The van der Waals surface area contributed by atoms with Gasteiger partial charge in [-0.15, -0.1) is 0 Å². The zero-order valence-electron chi connectivity index (χ0n) is 11.8. The number of para-hydroxylation sites is 2. The van der Waals surface area contributed by atoms with Crippen LogP contribution in [0.3, 0.4) is 0 Å². The van der Waals surface area contributed by atoms with Gasteiger partial charge in [0.05, 0.1) is 0 Å². The van der Waals surface area contributed by atoms with E-state index in [1.807, 2.05) is 43.3 Å². The quantitative estimate of drug-likeness (QED) is 0.728. The number of rotatable bonds is 2. The van der Waals surface area contributed by atoms with Crippen LogP contribution in [0.4, 0.5) is 0 Å². The fourth-order valence-corrected chi connectivity index (χ4v) is 8.82. The van der Waals surface area contributed by atoms with Crippen LogP contribution < -0.4 is 6.20 Å². The third-order valence-electron chi connectivity index (χ3n) is 3.61. The van der Waals surface area contributed by atoms with Gasteiger partial charge in [-0.1, -0.05) is 0 Å². The standard InChI is InChI=1S/C16H17NO3Te/c1-2-18-21-17(11-13-7-3-5-9-15(13)19-21)12-14-8-4-6-10-16(14)20-21/h3-10H,2,11-12H2,1H3. The second kappa shape index (κ2) is 5.19. The van der Waals surface area contributed by atoms with Crippen LogP contribution in [0, 0.1) is 0 Å². The number of nitrogens with zero attached hydrogens (tertiary/aromatic N) is 1. The zero-order chi connectivity index (χ0) is 14.3.